The first-order chi connectivity index (χ1) is 11.9. The van der Waals surface area contributed by atoms with E-state index in [1.807, 2.05) is 37.3 Å². The Morgan fingerprint density at radius 1 is 1.16 bits per heavy atom. The van der Waals surface area contributed by atoms with Gasteiger partial charge in [-0.2, -0.15) is 0 Å². The molecule has 2 aromatic carbocycles. The van der Waals surface area contributed by atoms with Crippen LogP contribution in [0.5, 0.6) is 0 Å². The van der Waals surface area contributed by atoms with Crippen molar-refractivity contribution in [2.75, 3.05) is 5.32 Å². The van der Waals surface area contributed by atoms with Crippen LogP contribution in [0.2, 0.25) is 0 Å². The predicted octanol–water partition coefficient (Wildman–Crippen LogP) is 3.00. The molecule has 25 heavy (non-hydrogen) atoms. The molecule has 0 bridgehead atoms. The van der Waals surface area contributed by atoms with Crippen molar-refractivity contribution in [2.45, 2.75) is 36.7 Å². The lowest BCUT2D eigenvalue weighted by atomic mass is 10.1. The van der Waals surface area contributed by atoms with Gasteiger partial charge in [0.05, 0.1) is 11.3 Å². The molecule has 7 heteroatoms. The van der Waals surface area contributed by atoms with E-state index in [9.17, 15) is 18.3 Å². The van der Waals surface area contributed by atoms with E-state index in [2.05, 4.69) is 10.0 Å². The van der Waals surface area contributed by atoms with Gasteiger partial charge in [-0.15, -0.1) is 0 Å². The van der Waals surface area contributed by atoms with Crippen LogP contribution in [0.1, 0.15) is 41.7 Å². The Hall–Kier alpha value is -2.38. The summed E-state index contributed by atoms with van der Waals surface area (Å²) in [7, 11) is -3.79. The van der Waals surface area contributed by atoms with Crippen LogP contribution in [0.3, 0.4) is 0 Å². The van der Waals surface area contributed by atoms with E-state index in [1.165, 1.54) is 18.2 Å². The second-order valence-electron chi connectivity index (χ2n) is 6.19. The third kappa shape index (κ3) is 4.18. The number of hydrogen-bond donors (Lipinski definition) is 3. The van der Waals surface area contributed by atoms with Crippen LogP contribution >= 0.6 is 0 Å². The molecule has 6 nitrogen and oxygen atoms in total. The predicted molar refractivity (Wildman–Crippen MR) is 95.2 cm³/mol. The van der Waals surface area contributed by atoms with E-state index in [0.29, 0.717) is 5.69 Å². The van der Waals surface area contributed by atoms with Gasteiger partial charge >= 0.3 is 5.97 Å². The minimum Gasteiger partial charge on any atom is -0.478 e. The fraction of sp³-hybridized carbons (Fsp3) is 0.278. The molecule has 1 saturated carbocycles. The summed E-state index contributed by atoms with van der Waals surface area (Å²) in [5.41, 5.74) is 1.33. The van der Waals surface area contributed by atoms with Crippen molar-refractivity contribution < 1.29 is 18.3 Å². The Balaban J connectivity index is 1.96. The Bertz CT molecular complexity index is 877. The second-order valence-corrected chi connectivity index (χ2v) is 7.87. The first-order valence-corrected chi connectivity index (χ1v) is 9.56. The van der Waals surface area contributed by atoms with Crippen molar-refractivity contribution in [3.05, 3.63) is 59.7 Å². The lowest BCUT2D eigenvalue weighted by Gasteiger charge is -2.19. The standard InChI is InChI=1S/C18H20N2O4S/c1-12(13-5-3-2-4-6-13)19-16-10-7-14(18(21)22)11-17(16)25(23,24)20-15-8-9-15/h2-7,10-12,15,19-20H,8-9H2,1H3,(H,21,22)/t12-/m1/s1. The molecule has 0 unspecified atom stereocenters. The second kappa shape index (κ2) is 6.85. The fourth-order valence-corrected chi connectivity index (χ4v) is 4.04. The molecule has 1 aliphatic carbocycles. The summed E-state index contributed by atoms with van der Waals surface area (Å²) >= 11 is 0. The molecule has 0 saturated heterocycles. The topological polar surface area (TPSA) is 95.5 Å². The van der Waals surface area contributed by atoms with E-state index in [0.717, 1.165) is 18.4 Å². The van der Waals surface area contributed by atoms with Crippen LogP contribution < -0.4 is 10.0 Å². The molecule has 1 aliphatic rings. The molecule has 1 fully saturated rings. The van der Waals surface area contributed by atoms with Gasteiger partial charge in [-0.1, -0.05) is 30.3 Å². The van der Waals surface area contributed by atoms with E-state index in [-0.39, 0.29) is 22.5 Å². The van der Waals surface area contributed by atoms with E-state index < -0.39 is 16.0 Å². The number of carboxylic acid groups (broad SMARTS) is 1. The number of carboxylic acids is 1. The minimum absolute atomic E-state index is 0.0397. The first kappa shape index (κ1) is 17.4. The molecule has 1 atom stereocenters. The third-order valence-electron chi connectivity index (χ3n) is 4.09. The van der Waals surface area contributed by atoms with Crippen molar-refractivity contribution in [3.63, 3.8) is 0 Å². The molecule has 0 aliphatic heterocycles. The number of sulfonamides is 1. The van der Waals surface area contributed by atoms with Crippen LogP contribution in [0, 0.1) is 0 Å². The summed E-state index contributed by atoms with van der Waals surface area (Å²) in [6.45, 7) is 1.92. The van der Waals surface area contributed by atoms with Gasteiger partial charge in [-0.25, -0.2) is 17.9 Å². The minimum atomic E-state index is -3.79. The number of aromatic carboxylic acids is 1. The molecule has 0 amide bonds. The Morgan fingerprint density at radius 2 is 1.84 bits per heavy atom. The van der Waals surface area contributed by atoms with Gasteiger partial charge in [0.2, 0.25) is 10.0 Å². The maximum Gasteiger partial charge on any atom is 0.335 e. The van der Waals surface area contributed by atoms with Crippen LogP contribution in [-0.4, -0.2) is 25.5 Å². The number of rotatable bonds is 7. The third-order valence-corrected chi connectivity index (χ3v) is 5.65. The number of anilines is 1. The maximum absolute atomic E-state index is 12.7. The molecule has 3 N–H and O–H groups in total. The number of nitrogens with one attached hydrogen (secondary N) is 2. The lowest BCUT2D eigenvalue weighted by molar-refractivity contribution is 0.0696. The average Bonchev–Trinajstić information content (AvgIpc) is 3.39. The molecule has 0 spiro atoms. The molecule has 0 heterocycles. The Morgan fingerprint density at radius 3 is 2.44 bits per heavy atom. The van der Waals surface area contributed by atoms with E-state index in [4.69, 9.17) is 0 Å². The number of benzene rings is 2. The van der Waals surface area contributed by atoms with Gasteiger partial charge in [0, 0.05) is 12.1 Å². The summed E-state index contributed by atoms with van der Waals surface area (Å²) < 4.78 is 27.9. The van der Waals surface area contributed by atoms with E-state index >= 15 is 0 Å². The van der Waals surface area contributed by atoms with Crippen molar-refractivity contribution in [3.8, 4) is 0 Å². The summed E-state index contributed by atoms with van der Waals surface area (Å²) in [6, 6.07) is 13.5. The Kier molecular flexibility index (Phi) is 4.78. The Labute approximate surface area is 146 Å². The largest absolute Gasteiger partial charge is 0.478 e. The lowest BCUT2D eigenvalue weighted by Crippen LogP contribution is -2.27. The highest BCUT2D eigenvalue weighted by atomic mass is 32.2. The van der Waals surface area contributed by atoms with Crippen LogP contribution in [0.4, 0.5) is 5.69 Å². The highest BCUT2D eigenvalue weighted by molar-refractivity contribution is 7.89. The highest BCUT2D eigenvalue weighted by Crippen LogP contribution is 2.29. The van der Waals surface area contributed by atoms with Gasteiger partial charge in [0.15, 0.2) is 0 Å². The molecular weight excluding hydrogens is 340 g/mol. The zero-order valence-corrected chi connectivity index (χ0v) is 14.6. The normalized spacial score (nSPS) is 15.6. The van der Waals surface area contributed by atoms with Crippen molar-refractivity contribution >= 4 is 21.7 Å². The molecule has 2 aromatic rings. The van der Waals surface area contributed by atoms with Crippen LogP contribution in [0.25, 0.3) is 0 Å². The maximum atomic E-state index is 12.7. The van der Waals surface area contributed by atoms with E-state index in [1.54, 1.807) is 0 Å². The van der Waals surface area contributed by atoms with Gasteiger partial charge in [0.25, 0.3) is 0 Å². The van der Waals surface area contributed by atoms with Crippen LogP contribution in [0.15, 0.2) is 53.4 Å². The molecule has 3 rings (SSSR count). The number of hydrogen-bond acceptors (Lipinski definition) is 4. The van der Waals surface area contributed by atoms with Crippen molar-refractivity contribution in [1.29, 1.82) is 0 Å². The van der Waals surface area contributed by atoms with Gasteiger partial charge < -0.3 is 10.4 Å². The molecule has 132 valence electrons. The molecular formula is C18H20N2O4S. The monoisotopic (exact) mass is 360 g/mol. The SMILES string of the molecule is C[C@@H](Nc1ccc(C(=O)O)cc1S(=O)(=O)NC1CC1)c1ccccc1. The summed E-state index contributed by atoms with van der Waals surface area (Å²) in [4.78, 5) is 11.2. The zero-order valence-electron chi connectivity index (χ0n) is 13.8. The highest BCUT2D eigenvalue weighted by Gasteiger charge is 2.30. The van der Waals surface area contributed by atoms with Crippen molar-refractivity contribution in [1.82, 2.24) is 4.72 Å². The quantitative estimate of drug-likeness (QED) is 0.705. The molecule has 0 aromatic heterocycles. The summed E-state index contributed by atoms with van der Waals surface area (Å²) in [5.74, 6) is -1.16. The summed E-state index contributed by atoms with van der Waals surface area (Å²) in [5, 5.41) is 12.4. The fourth-order valence-electron chi connectivity index (χ4n) is 2.54. The van der Waals surface area contributed by atoms with Crippen LogP contribution in [-0.2, 0) is 10.0 Å². The summed E-state index contributed by atoms with van der Waals surface area (Å²) in [6.07, 6.45) is 1.61. The van der Waals surface area contributed by atoms with Gasteiger partial charge in [-0.05, 0) is 43.5 Å². The first-order valence-electron chi connectivity index (χ1n) is 8.08. The van der Waals surface area contributed by atoms with Gasteiger partial charge in [0.1, 0.15) is 4.90 Å². The smallest absolute Gasteiger partial charge is 0.335 e. The average molecular weight is 360 g/mol. The van der Waals surface area contributed by atoms with Gasteiger partial charge in [-0.3, -0.25) is 0 Å². The zero-order chi connectivity index (χ0) is 18.0. The molecule has 0 radical (unpaired) electrons. The number of carbonyl (C=O) groups is 1. The van der Waals surface area contributed by atoms with Crippen molar-refractivity contribution in [2.24, 2.45) is 0 Å².